The van der Waals surface area contributed by atoms with Crippen molar-refractivity contribution in [3.8, 4) is 59.5 Å². The molecule has 1 atom stereocenters. The Bertz CT molecular complexity index is 2940. The van der Waals surface area contributed by atoms with Crippen LogP contribution in [0, 0.1) is 68.0 Å². The van der Waals surface area contributed by atoms with E-state index in [1.165, 1.54) is 5.56 Å². The summed E-state index contributed by atoms with van der Waals surface area (Å²) in [6.45, 7) is 4.85. The van der Waals surface area contributed by atoms with Gasteiger partial charge in [0.05, 0.1) is 22.5 Å². The number of anilines is 1. The van der Waals surface area contributed by atoms with Crippen molar-refractivity contribution in [1.82, 2.24) is 10.2 Å². The molecule has 0 radical (unpaired) electrons. The Morgan fingerprint density at radius 3 is 1.64 bits per heavy atom. The van der Waals surface area contributed by atoms with Crippen molar-refractivity contribution < 1.29 is 4.39 Å². The highest BCUT2D eigenvalue weighted by molar-refractivity contribution is 5.93. The van der Waals surface area contributed by atoms with Crippen molar-refractivity contribution in [1.29, 1.82) is 0 Å². The van der Waals surface area contributed by atoms with Crippen LogP contribution < -0.4 is 4.90 Å². The minimum atomic E-state index is -0.898. The van der Waals surface area contributed by atoms with Crippen LogP contribution in [-0.4, -0.2) is 16.7 Å². The van der Waals surface area contributed by atoms with E-state index in [1.54, 1.807) is 12.1 Å². The molecule has 6 aromatic carbocycles. The average Bonchev–Trinajstić information content (AvgIpc) is 3.72. The van der Waals surface area contributed by atoms with Crippen molar-refractivity contribution in [3.05, 3.63) is 217 Å². The van der Waals surface area contributed by atoms with Gasteiger partial charge >= 0.3 is 0 Å². The van der Waals surface area contributed by atoms with Gasteiger partial charge in [-0.05, 0) is 144 Å². The second kappa shape index (κ2) is 13.2. The zero-order chi connectivity index (χ0) is 39.6. The Labute approximate surface area is 338 Å². The van der Waals surface area contributed by atoms with Gasteiger partial charge in [-0.15, -0.1) is 12.8 Å². The monoisotopic (exact) mass is 743 g/mol. The maximum atomic E-state index is 15.1. The van der Waals surface area contributed by atoms with E-state index >= 15 is 4.39 Å². The van der Waals surface area contributed by atoms with Gasteiger partial charge in [0.1, 0.15) is 11.4 Å². The molecule has 1 aliphatic carbocycles. The summed E-state index contributed by atoms with van der Waals surface area (Å²) >= 11 is 0. The zero-order valence-corrected chi connectivity index (χ0v) is 32.0. The van der Waals surface area contributed by atoms with Gasteiger partial charge in [-0.2, -0.15) is 10.2 Å². The molecule has 7 aromatic rings. The Hall–Kier alpha value is -7.63. The lowest BCUT2D eigenvalue weighted by atomic mass is 9.55. The molecule has 10 rings (SSSR count). The van der Waals surface area contributed by atoms with Gasteiger partial charge in [0.15, 0.2) is 0 Å². The molecule has 0 bridgehead atoms. The van der Waals surface area contributed by atoms with Crippen molar-refractivity contribution in [3.63, 3.8) is 0 Å². The molecular weight excluding hydrogens is 710 g/mol. The SMILES string of the molecule is C#Cc1ccc(C#Cc2ccc3c(c2)C2(c4cc(C#Cc5ccc(C#C)cc5)ccc4-3)c3c(C)nnc(C)c3N3CCc4ccccc4C32c2ccc(F)cc2)cc1. The fourth-order valence-electron chi connectivity index (χ4n) is 9.83. The average molecular weight is 744 g/mol. The van der Waals surface area contributed by atoms with E-state index in [0.717, 1.165) is 102 Å². The summed E-state index contributed by atoms with van der Waals surface area (Å²) in [6.07, 6.45) is 12.1. The fourth-order valence-corrected chi connectivity index (χ4v) is 9.83. The molecule has 3 heterocycles. The van der Waals surface area contributed by atoms with E-state index < -0.39 is 11.0 Å². The number of halogens is 1. The van der Waals surface area contributed by atoms with E-state index in [4.69, 9.17) is 23.0 Å². The number of aryl methyl sites for hydroxylation is 2. The molecule has 272 valence electrons. The third-order valence-electron chi connectivity index (χ3n) is 12.1. The number of fused-ring (bicyclic) bond motifs is 12. The van der Waals surface area contributed by atoms with Gasteiger partial charge < -0.3 is 4.90 Å². The van der Waals surface area contributed by atoms with Crippen LogP contribution in [0.5, 0.6) is 0 Å². The van der Waals surface area contributed by atoms with E-state index in [1.807, 2.05) is 60.7 Å². The maximum absolute atomic E-state index is 15.1. The highest BCUT2D eigenvalue weighted by Gasteiger charge is 2.70. The molecule has 0 fully saturated rings. The number of hydrogen-bond acceptors (Lipinski definition) is 3. The second-order valence-corrected chi connectivity index (χ2v) is 15.1. The normalized spacial score (nSPS) is 15.9. The van der Waals surface area contributed by atoms with Crippen LogP contribution in [0.2, 0.25) is 0 Å². The largest absolute Gasteiger partial charge is 0.354 e. The van der Waals surface area contributed by atoms with Crippen LogP contribution in [0.25, 0.3) is 11.1 Å². The molecule has 1 aromatic heterocycles. The number of hydrogen-bond donors (Lipinski definition) is 0. The first-order valence-electron chi connectivity index (χ1n) is 19.3. The highest BCUT2D eigenvalue weighted by atomic mass is 19.1. The predicted molar refractivity (Wildman–Crippen MR) is 229 cm³/mol. The topological polar surface area (TPSA) is 29.0 Å². The lowest BCUT2D eigenvalue weighted by molar-refractivity contribution is 0.357. The summed E-state index contributed by atoms with van der Waals surface area (Å²) in [4.78, 5) is 2.55. The van der Waals surface area contributed by atoms with Gasteiger partial charge in [0.25, 0.3) is 0 Å². The number of terminal acetylenes is 2. The van der Waals surface area contributed by atoms with Crippen LogP contribution in [0.4, 0.5) is 10.1 Å². The Morgan fingerprint density at radius 2 is 1.07 bits per heavy atom. The highest BCUT2D eigenvalue weighted by Crippen LogP contribution is 2.71. The van der Waals surface area contributed by atoms with Crippen molar-refractivity contribution in [2.75, 3.05) is 11.4 Å². The van der Waals surface area contributed by atoms with Crippen molar-refractivity contribution >= 4 is 5.69 Å². The third-order valence-corrected chi connectivity index (χ3v) is 12.1. The maximum Gasteiger partial charge on any atom is 0.123 e. The van der Waals surface area contributed by atoms with E-state index in [-0.39, 0.29) is 5.82 Å². The minimum absolute atomic E-state index is 0.288. The number of nitrogens with zero attached hydrogens (tertiary/aromatic N) is 3. The van der Waals surface area contributed by atoms with Gasteiger partial charge in [0, 0.05) is 45.5 Å². The molecule has 3 nitrogen and oxygen atoms in total. The summed E-state index contributed by atoms with van der Waals surface area (Å²) in [5.74, 6) is 18.8. The smallest absolute Gasteiger partial charge is 0.123 e. The van der Waals surface area contributed by atoms with Gasteiger partial charge in [0.2, 0.25) is 0 Å². The zero-order valence-electron chi connectivity index (χ0n) is 32.0. The molecule has 0 saturated heterocycles. The first-order chi connectivity index (χ1) is 28.4. The van der Waals surface area contributed by atoms with Crippen molar-refractivity contribution in [2.45, 2.75) is 31.2 Å². The summed E-state index contributed by atoms with van der Waals surface area (Å²) < 4.78 is 15.1. The van der Waals surface area contributed by atoms with Gasteiger partial charge in [-0.25, -0.2) is 4.39 Å². The number of benzene rings is 6. The molecule has 2 aliphatic heterocycles. The Kier molecular flexibility index (Phi) is 7.96. The molecule has 0 N–H and O–H groups in total. The fraction of sp³-hybridized carbons (Fsp3) is 0.111. The van der Waals surface area contributed by atoms with Gasteiger partial charge in [-0.3, -0.25) is 0 Å². The number of aromatic nitrogens is 2. The van der Waals surface area contributed by atoms with Crippen LogP contribution in [0.1, 0.15) is 78.1 Å². The quantitative estimate of drug-likeness (QED) is 0.157. The molecule has 4 heteroatoms. The third kappa shape index (κ3) is 4.93. The molecule has 1 spiro atoms. The van der Waals surface area contributed by atoms with E-state index in [2.05, 4.69) is 115 Å². The second-order valence-electron chi connectivity index (χ2n) is 15.1. The summed E-state index contributed by atoms with van der Waals surface area (Å²) in [5.41, 5.74) is 15.0. The minimum Gasteiger partial charge on any atom is -0.354 e. The Morgan fingerprint density at radius 1 is 0.569 bits per heavy atom. The number of rotatable bonds is 1. The summed E-state index contributed by atoms with van der Waals surface area (Å²) in [5, 5.41) is 9.64. The summed E-state index contributed by atoms with van der Waals surface area (Å²) in [7, 11) is 0. The standard InChI is InChI=1S/C54H34FN3/c1-5-37-11-15-39(16-12-37)19-21-41-23-29-46-47-30-24-42(22-20-40-17-13-38(6-2)14-18-40)34-50(47)53(49(46)33-41)51-35(3)56-57-36(4)52(51)58-32-31-43-9-7-8-10-48(43)54(53,58)44-25-27-45(55)28-26-44/h1-2,7-18,23-30,33-34H,31-32H2,3-4H3. The molecule has 58 heavy (non-hydrogen) atoms. The van der Waals surface area contributed by atoms with Crippen LogP contribution in [0.15, 0.2) is 133 Å². The van der Waals surface area contributed by atoms with E-state index in [0.29, 0.717) is 0 Å². The van der Waals surface area contributed by atoms with Crippen LogP contribution in [-0.2, 0) is 17.4 Å². The van der Waals surface area contributed by atoms with E-state index in [9.17, 15) is 0 Å². The molecule has 0 saturated carbocycles. The molecule has 3 aliphatic rings. The lowest BCUT2D eigenvalue weighted by Gasteiger charge is -2.54. The van der Waals surface area contributed by atoms with Crippen LogP contribution in [0.3, 0.4) is 0 Å². The first-order valence-corrected chi connectivity index (χ1v) is 19.3. The molecular formula is C54H34FN3. The van der Waals surface area contributed by atoms with Gasteiger partial charge in [-0.1, -0.05) is 84.1 Å². The summed E-state index contributed by atoms with van der Waals surface area (Å²) in [6, 6.07) is 44.5. The predicted octanol–water partition coefficient (Wildman–Crippen LogP) is 9.63. The van der Waals surface area contributed by atoms with Crippen molar-refractivity contribution in [2.24, 2.45) is 0 Å². The molecule has 1 unspecified atom stereocenters. The first kappa shape index (κ1) is 34.8. The Balaban J connectivity index is 1.33. The lowest BCUT2D eigenvalue weighted by Crippen LogP contribution is -2.59. The molecule has 0 amide bonds. The van der Waals surface area contributed by atoms with Crippen LogP contribution >= 0.6 is 0 Å².